The molecule has 102 valence electrons. The van der Waals surface area contributed by atoms with E-state index in [4.69, 9.17) is 5.11 Å². The van der Waals surface area contributed by atoms with Crippen molar-refractivity contribution < 1.29 is 19.2 Å². The highest BCUT2D eigenvalue weighted by atomic mass is 19.1. The fourth-order valence-electron chi connectivity index (χ4n) is 1.97. The molecule has 1 aliphatic carbocycles. The lowest BCUT2D eigenvalue weighted by Gasteiger charge is -2.22. The second-order valence-corrected chi connectivity index (χ2v) is 4.60. The van der Waals surface area contributed by atoms with Crippen molar-refractivity contribution in [3.05, 3.63) is 33.6 Å². The number of nitrogens with zero attached hydrogens (tertiary/aromatic N) is 2. The molecule has 0 heterocycles. The van der Waals surface area contributed by atoms with E-state index in [1.165, 1.54) is 17.9 Å². The Hall–Kier alpha value is -2.18. The molecule has 0 atom stereocenters. The third-order valence-electron chi connectivity index (χ3n) is 3.06. The minimum Gasteiger partial charge on any atom is -0.480 e. The van der Waals surface area contributed by atoms with Gasteiger partial charge in [-0.15, -0.1) is 0 Å². The lowest BCUT2D eigenvalue weighted by molar-refractivity contribution is -0.384. The smallest absolute Gasteiger partial charge is 0.323 e. The van der Waals surface area contributed by atoms with E-state index in [2.05, 4.69) is 0 Å². The number of carbonyl (C=O) groups is 1. The van der Waals surface area contributed by atoms with Gasteiger partial charge in [0.05, 0.1) is 11.0 Å². The number of carboxylic acids is 1. The number of hydrogen-bond donors (Lipinski definition) is 1. The topological polar surface area (TPSA) is 83.7 Å². The van der Waals surface area contributed by atoms with Gasteiger partial charge in [-0.05, 0) is 31.4 Å². The van der Waals surface area contributed by atoms with Crippen molar-refractivity contribution in [2.75, 3.05) is 11.4 Å². The molecule has 1 N–H and O–H groups in total. The second-order valence-electron chi connectivity index (χ2n) is 4.60. The van der Waals surface area contributed by atoms with Gasteiger partial charge in [-0.25, -0.2) is 4.39 Å². The SMILES string of the molecule is Cc1cc(N(CC(=O)O)C2CC2)c([N+](=O)[O-])cc1F. The molecule has 0 bridgehead atoms. The zero-order valence-electron chi connectivity index (χ0n) is 10.3. The van der Waals surface area contributed by atoms with Crippen LogP contribution >= 0.6 is 0 Å². The van der Waals surface area contributed by atoms with Gasteiger partial charge in [0.25, 0.3) is 5.69 Å². The Balaban J connectivity index is 2.48. The highest BCUT2D eigenvalue weighted by molar-refractivity contribution is 5.77. The lowest BCUT2D eigenvalue weighted by Crippen LogP contribution is -2.32. The van der Waals surface area contributed by atoms with Crippen molar-refractivity contribution in [3.63, 3.8) is 0 Å². The number of rotatable bonds is 5. The third-order valence-corrected chi connectivity index (χ3v) is 3.06. The summed E-state index contributed by atoms with van der Waals surface area (Å²) in [6, 6.07) is 2.18. The van der Waals surface area contributed by atoms with Crippen LogP contribution in [0, 0.1) is 22.9 Å². The van der Waals surface area contributed by atoms with Crippen molar-refractivity contribution in [3.8, 4) is 0 Å². The summed E-state index contributed by atoms with van der Waals surface area (Å²) in [7, 11) is 0. The molecular weight excluding hydrogens is 255 g/mol. The predicted octanol–water partition coefficient (Wildman–Crippen LogP) is 2.10. The van der Waals surface area contributed by atoms with Crippen LogP contribution in [0.1, 0.15) is 18.4 Å². The zero-order chi connectivity index (χ0) is 14.2. The van der Waals surface area contributed by atoms with Crippen LogP contribution in [0.2, 0.25) is 0 Å². The average Bonchev–Trinajstić information content (AvgIpc) is 3.12. The largest absolute Gasteiger partial charge is 0.480 e. The Morgan fingerprint density at radius 2 is 2.21 bits per heavy atom. The number of carboxylic acid groups (broad SMARTS) is 1. The second kappa shape index (κ2) is 4.83. The van der Waals surface area contributed by atoms with Crippen LogP contribution in [-0.2, 0) is 4.79 Å². The Morgan fingerprint density at radius 1 is 1.58 bits per heavy atom. The summed E-state index contributed by atoms with van der Waals surface area (Å²) in [5.74, 6) is -1.73. The average molecular weight is 268 g/mol. The molecule has 0 saturated heterocycles. The Kier molecular flexibility index (Phi) is 3.37. The van der Waals surface area contributed by atoms with Gasteiger partial charge in [-0.3, -0.25) is 14.9 Å². The molecule has 0 radical (unpaired) electrons. The predicted molar refractivity (Wildman–Crippen MR) is 65.8 cm³/mol. The maximum atomic E-state index is 13.4. The molecule has 1 aliphatic rings. The Labute approximate surface area is 108 Å². The van der Waals surface area contributed by atoms with Crippen LogP contribution in [0.5, 0.6) is 0 Å². The standard InChI is InChI=1S/C12H13FN2O4/c1-7-4-10(11(15(18)19)5-9(7)13)14(6-12(16)17)8-2-3-8/h4-5,8H,2-3,6H2,1H3,(H,16,17). The molecule has 1 saturated carbocycles. The molecule has 7 heteroatoms. The van der Waals surface area contributed by atoms with Gasteiger partial charge >= 0.3 is 5.97 Å². The van der Waals surface area contributed by atoms with Gasteiger partial charge in [0.2, 0.25) is 0 Å². The molecule has 0 amide bonds. The van der Waals surface area contributed by atoms with Crippen molar-refractivity contribution in [2.45, 2.75) is 25.8 Å². The van der Waals surface area contributed by atoms with E-state index in [0.29, 0.717) is 0 Å². The minimum atomic E-state index is -1.07. The molecule has 1 aromatic rings. The summed E-state index contributed by atoms with van der Waals surface area (Å²) < 4.78 is 13.4. The molecule has 0 aliphatic heterocycles. The van der Waals surface area contributed by atoms with Gasteiger partial charge in [0, 0.05) is 6.04 Å². The van der Waals surface area contributed by atoms with Crippen LogP contribution < -0.4 is 4.90 Å². The van der Waals surface area contributed by atoms with Crippen molar-refractivity contribution in [1.82, 2.24) is 0 Å². The molecule has 19 heavy (non-hydrogen) atoms. The zero-order valence-corrected chi connectivity index (χ0v) is 10.3. The van der Waals surface area contributed by atoms with Crippen LogP contribution in [0.15, 0.2) is 12.1 Å². The van der Waals surface area contributed by atoms with E-state index in [1.807, 2.05) is 0 Å². The first-order valence-corrected chi connectivity index (χ1v) is 5.83. The number of hydrogen-bond acceptors (Lipinski definition) is 4. The normalized spacial score (nSPS) is 14.2. The molecule has 2 rings (SSSR count). The van der Waals surface area contributed by atoms with Crippen LogP contribution in [0.3, 0.4) is 0 Å². The molecule has 1 fully saturated rings. The van der Waals surface area contributed by atoms with Crippen LogP contribution in [0.25, 0.3) is 0 Å². The van der Waals surface area contributed by atoms with E-state index in [9.17, 15) is 19.3 Å². The summed E-state index contributed by atoms with van der Waals surface area (Å²) in [4.78, 5) is 22.6. The number of aliphatic carboxylic acids is 1. The van der Waals surface area contributed by atoms with Gasteiger partial charge < -0.3 is 10.0 Å². The number of benzene rings is 1. The van der Waals surface area contributed by atoms with Gasteiger partial charge in [0.1, 0.15) is 18.0 Å². The van der Waals surface area contributed by atoms with Crippen molar-refractivity contribution >= 4 is 17.3 Å². The first-order chi connectivity index (χ1) is 8.90. The molecule has 6 nitrogen and oxygen atoms in total. The highest BCUT2D eigenvalue weighted by Crippen LogP contribution is 2.37. The molecule has 0 aromatic heterocycles. The Bertz CT molecular complexity index is 543. The number of halogens is 1. The molecule has 0 spiro atoms. The van der Waals surface area contributed by atoms with Gasteiger partial charge in [0.15, 0.2) is 0 Å². The first kappa shape index (κ1) is 13.3. The van der Waals surface area contributed by atoms with Crippen molar-refractivity contribution in [2.24, 2.45) is 0 Å². The van der Waals surface area contributed by atoms with E-state index in [1.54, 1.807) is 0 Å². The highest BCUT2D eigenvalue weighted by Gasteiger charge is 2.34. The maximum absolute atomic E-state index is 13.4. The third kappa shape index (κ3) is 2.81. The minimum absolute atomic E-state index is 0.0142. The van der Waals surface area contributed by atoms with Gasteiger partial charge in [-0.2, -0.15) is 0 Å². The van der Waals surface area contributed by atoms with Gasteiger partial charge in [-0.1, -0.05) is 0 Å². The maximum Gasteiger partial charge on any atom is 0.323 e. The molecular formula is C12H13FN2O4. The van der Waals surface area contributed by atoms with E-state index >= 15 is 0 Å². The summed E-state index contributed by atoms with van der Waals surface area (Å²) in [5.41, 5.74) is 0.0432. The Morgan fingerprint density at radius 3 is 2.68 bits per heavy atom. The number of aryl methyl sites for hydroxylation is 1. The molecule has 1 aromatic carbocycles. The molecule has 0 unspecified atom stereocenters. The monoisotopic (exact) mass is 268 g/mol. The summed E-state index contributed by atoms with van der Waals surface area (Å²) >= 11 is 0. The van der Waals surface area contributed by atoms with E-state index < -0.39 is 22.4 Å². The quantitative estimate of drug-likeness (QED) is 0.653. The fourth-order valence-corrected chi connectivity index (χ4v) is 1.97. The lowest BCUT2D eigenvalue weighted by atomic mass is 10.1. The summed E-state index contributed by atoms with van der Waals surface area (Å²) in [6.45, 7) is 1.17. The fraction of sp³-hybridized carbons (Fsp3) is 0.417. The van der Waals surface area contributed by atoms with Crippen LogP contribution in [0.4, 0.5) is 15.8 Å². The van der Waals surface area contributed by atoms with E-state index in [-0.39, 0.29) is 23.8 Å². The number of nitro benzene ring substituents is 1. The summed E-state index contributed by atoms with van der Waals surface area (Å²) in [6.07, 6.45) is 1.59. The first-order valence-electron chi connectivity index (χ1n) is 5.83. The summed E-state index contributed by atoms with van der Waals surface area (Å²) in [5, 5.41) is 19.9. The number of nitro groups is 1. The number of anilines is 1. The van der Waals surface area contributed by atoms with Crippen molar-refractivity contribution in [1.29, 1.82) is 0 Å². The van der Waals surface area contributed by atoms with E-state index in [0.717, 1.165) is 18.9 Å². The van der Waals surface area contributed by atoms with Crippen LogP contribution in [-0.4, -0.2) is 28.6 Å².